The Morgan fingerprint density at radius 2 is 2.04 bits per heavy atom. The van der Waals surface area contributed by atoms with Gasteiger partial charge in [0.2, 0.25) is 11.8 Å². The summed E-state index contributed by atoms with van der Waals surface area (Å²) in [5.41, 5.74) is 8.50. The lowest BCUT2D eigenvalue weighted by molar-refractivity contribution is -0.383. The number of amides is 2. The zero-order valence-corrected chi connectivity index (χ0v) is 14.8. The van der Waals surface area contributed by atoms with Crippen molar-refractivity contribution < 1.29 is 24.4 Å². The Hall–Kier alpha value is -3.66. The summed E-state index contributed by atoms with van der Waals surface area (Å²) in [6, 6.07) is 2.80. The van der Waals surface area contributed by atoms with Gasteiger partial charge in [0.05, 0.1) is 4.92 Å². The third kappa shape index (κ3) is 4.95. The maximum absolute atomic E-state index is 11.7. The molecule has 1 aromatic carbocycles. The number of hydrogen-bond donors (Lipinski definition) is 2. The van der Waals surface area contributed by atoms with E-state index in [1.807, 2.05) is 0 Å². The second-order valence-corrected chi connectivity index (χ2v) is 6.08. The standard InChI is InChI=1S/C16H18N6O6/c17-20-19-10-4-5-11(13(9-10)22(27)28)18-8-2-1-3-12(16(25)26)21-14(23)6-7-15(21)24/h4-5,9,12,18H,1-3,6-8H2,(H,25,26). The van der Waals surface area contributed by atoms with Gasteiger partial charge in [-0.15, -0.1) is 0 Å². The molecule has 1 aliphatic heterocycles. The van der Waals surface area contributed by atoms with Crippen molar-refractivity contribution in [2.45, 2.75) is 38.1 Å². The van der Waals surface area contributed by atoms with Gasteiger partial charge in [0.1, 0.15) is 11.7 Å². The summed E-state index contributed by atoms with van der Waals surface area (Å²) in [7, 11) is 0. The summed E-state index contributed by atoms with van der Waals surface area (Å²) >= 11 is 0. The summed E-state index contributed by atoms with van der Waals surface area (Å²) in [6.07, 6.45) is 1.02. The number of carbonyl (C=O) groups excluding carboxylic acids is 2. The van der Waals surface area contributed by atoms with Gasteiger partial charge in [-0.3, -0.25) is 24.6 Å². The van der Waals surface area contributed by atoms with Crippen molar-refractivity contribution in [3.63, 3.8) is 0 Å². The van der Waals surface area contributed by atoms with Crippen LogP contribution in [-0.2, 0) is 14.4 Å². The lowest BCUT2D eigenvalue weighted by atomic mass is 10.1. The molecule has 2 N–H and O–H groups in total. The van der Waals surface area contributed by atoms with Gasteiger partial charge < -0.3 is 10.4 Å². The molecular weight excluding hydrogens is 372 g/mol. The molecular formula is C16H18N6O6. The van der Waals surface area contributed by atoms with Crippen LogP contribution in [0.25, 0.3) is 10.4 Å². The van der Waals surface area contributed by atoms with Crippen LogP contribution in [0.15, 0.2) is 23.3 Å². The molecule has 1 aliphatic rings. The van der Waals surface area contributed by atoms with E-state index in [0.29, 0.717) is 19.4 Å². The van der Waals surface area contributed by atoms with E-state index in [2.05, 4.69) is 15.3 Å². The number of benzene rings is 1. The molecule has 0 bridgehead atoms. The summed E-state index contributed by atoms with van der Waals surface area (Å²) in [4.78, 5) is 48.7. The first-order valence-corrected chi connectivity index (χ1v) is 8.50. The van der Waals surface area contributed by atoms with Crippen molar-refractivity contribution in [3.05, 3.63) is 38.8 Å². The van der Waals surface area contributed by atoms with Crippen LogP contribution in [0.5, 0.6) is 0 Å². The molecule has 1 atom stereocenters. The van der Waals surface area contributed by atoms with Crippen molar-refractivity contribution >= 4 is 34.8 Å². The van der Waals surface area contributed by atoms with Gasteiger partial charge in [-0.2, -0.15) is 0 Å². The third-order valence-electron chi connectivity index (χ3n) is 4.24. The molecule has 1 fully saturated rings. The van der Waals surface area contributed by atoms with Gasteiger partial charge in [-0.05, 0) is 30.9 Å². The zero-order valence-electron chi connectivity index (χ0n) is 14.8. The number of rotatable bonds is 10. The Balaban J connectivity index is 1.90. The fourth-order valence-electron chi connectivity index (χ4n) is 2.92. The molecule has 1 saturated heterocycles. The molecule has 2 rings (SSSR count). The van der Waals surface area contributed by atoms with Gasteiger partial charge in [-0.1, -0.05) is 11.2 Å². The van der Waals surface area contributed by atoms with Crippen LogP contribution in [0.2, 0.25) is 0 Å². The maximum Gasteiger partial charge on any atom is 0.326 e. The van der Waals surface area contributed by atoms with Gasteiger partial charge in [0, 0.05) is 36.1 Å². The quantitative estimate of drug-likeness (QED) is 0.117. The summed E-state index contributed by atoms with van der Waals surface area (Å²) < 4.78 is 0. The lowest BCUT2D eigenvalue weighted by Crippen LogP contribution is -2.44. The molecule has 1 unspecified atom stereocenters. The Labute approximate surface area is 158 Å². The van der Waals surface area contributed by atoms with Gasteiger partial charge >= 0.3 is 5.97 Å². The van der Waals surface area contributed by atoms with E-state index in [-0.39, 0.29) is 36.3 Å². The largest absolute Gasteiger partial charge is 0.480 e. The zero-order chi connectivity index (χ0) is 20.7. The number of likely N-dealkylation sites (tertiary alicyclic amines) is 1. The van der Waals surface area contributed by atoms with E-state index >= 15 is 0 Å². The smallest absolute Gasteiger partial charge is 0.326 e. The average Bonchev–Trinajstić information content (AvgIpc) is 2.97. The Morgan fingerprint density at radius 1 is 1.36 bits per heavy atom. The summed E-state index contributed by atoms with van der Waals surface area (Å²) in [6.45, 7) is 0.315. The van der Waals surface area contributed by atoms with Gasteiger partial charge in [0.15, 0.2) is 0 Å². The number of imide groups is 1. The molecule has 1 heterocycles. The molecule has 12 heteroatoms. The number of carbonyl (C=O) groups is 3. The molecule has 2 amide bonds. The van der Waals surface area contributed by atoms with Crippen LogP contribution in [0.4, 0.5) is 17.1 Å². The number of carboxylic acids is 1. The van der Waals surface area contributed by atoms with Gasteiger partial charge in [0.25, 0.3) is 5.69 Å². The number of nitro benzene ring substituents is 1. The van der Waals surface area contributed by atoms with Crippen LogP contribution < -0.4 is 5.32 Å². The van der Waals surface area contributed by atoms with Crippen molar-refractivity contribution in [1.29, 1.82) is 0 Å². The number of hydrogen-bond acceptors (Lipinski definition) is 7. The van der Waals surface area contributed by atoms with Crippen molar-refractivity contribution in [2.75, 3.05) is 11.9 Å². The maximum atomic E-state index is 11.7. The third-order valence-corrected chi connectivity index (χ3v) is 4.24. The first kappa shape index (κ1) is 20.6. The highest BCUT2D eigenvalue weighted by atomic mass is 16.6. The highest BCUT2D eigenvalue weighted by molar-refractivity contribution is 6.04. The number of nitro groups is 1. The molecule has 0 spiro atoms. The predicted molar refractivity (Wildman–Crippen MR) is 96.8 cm³/mol. The SMILES string of the molecule is [N-]=[N+]=Nc1ccc(NCCCCC(C(=O)O)N2C(=O)CCC2=O)c([N+](=O)[O-])c1. The van der Waals surface area contributed by atoms with E-state index in [0.717, 1.165) is 11.0 Å². The molecule has 0 aliphatic carbocycles. The number of aliphatic carboxylic acids is 1. The monoisotopic (exact) mass is 390 g/mol. The number of azide groups is 1. The number of anilines is 1. The minimum atomic E-state index is -1.24. The topological polar surface area (TPSA) is 179 Å². The summed E-state index contributed by atoms with van der Waals surface area (Å²) in [5.74, 6) is -2.20. The second-order valence-electron chi connectivity index (χ2n) is 6.08. The number of unbranched alkanes of at least 4 members (excludes halogenated alkanes) is 1. The normalized spacial score (nSPS) is 14.5. The Morgan fingerprint density at radius 3 is 2.61 bits per heavy atom. The van der Waals surface area contributed by atoms with Crippen LogP contribution in [0, 0.1) is 10.1 Å². The average molecular weight is 390 g/mol. The minimum absolute atomic E-state index is 0.0275. The van der Waals surface area contributed by atoms with Crippen molar-refractivity contribution in [3.8, 4) is 0 Å². The molecule has 1 aromatic rings. The first-order valence-electron chi connectivity index (χ1n) is 8.50. The van der Waals surface area contributed by atoms with Crippen LogP contribution in [-0.4, -0.2) is 45.3 Å². The number of carboxylic acid groups (broad SMARTS) is 1. The highest BCUT2D eigenvalue weighted by Crippen LogP contribution is 2.29. The fraction of sp³-hybridized carbons (Fsp3) is 0.438. The van der Waals surface area contributed by atoms with E-state index in [9.17, 15) is 29.6 Å². The predicted octanol–water partition coefficient (Wildman–Crippen LogP) is 2.72. The van der Waals surface area contributed by atoms with Crippen molar-refractivity contribution in [2.24, 2.45) is 5.11 Å². The van der Waals surface area contributed by atoms with E-state index in [4.69, 9.17) is 5.53 Å². The Bertz CT molecular complexity index is 834. The summed E-state index contributed by atoms with van der Waals surface area (Å²) in [5, 5.41) is 26.6. The molecule has 28 heavy (non-hydrogen) atoms. The Kier molecular flexibility index (Phi) is 6.88. The van der Waals surface area contributed by atoms with Crippen molar-refractivity contribution in [1.82, 2.24) is 4.90 Å². The molecule has 0 radical (unpaired) electrons. The minimum Gasteiger partial charge on any atom is -0.480 e. The molecule has 0 aromatic heterocycles. The second kappa shape index (κ2) is 9.33. The van der Waals surface area contributed by atoms with Gasteiger partial charge in [-0.25, -0.2) is 4.79 Å². The lowest BCUT2D eigenvalue weighted by Gasteiger charge is -2.22. The first-order chi connectivity index (χ1) is 13.3. The van der Waals surface area contributed by atoms with E-state index in [1.54, 1.807) is 0 Å². The highest BCUT2D eigenvalue weighted by Gasteiger charge is 2.38. The molecule has 0 saturated carbocycles. The van der Waals surface area contributed by atoms with E-state index in [1.165, 1.54) is 12.1 Å². The van der Waals surface area contributed by atoms with Crippen LogP contribution in [0.3, 0.4) is 0 Å². The van der Waals surface area contributed by atoms with Crippen LogP contribution >= 0.6 is 0 Å². The van der Waals surface area contributed by atoms with Crippen LogP contribution in [0.1, 0.15) is 32.1 Å². The number of nitrogens with zero attached hydrogens (tertiary/aromatic N) is 5. The molecule has 12 nitrogen and oxygen atoms in total. The van der Waals surface area contributed by atoms with E-state index < -0.39 is 28.7 Å². The fourth-order valence-corrected chi connectivity index (χ4v) is 2.92. The molecule has 148 valence electrons. The number of nitrogens with one attached hydrogen (secondary N) is 1.